The summed E-state index contributed by atoms with van der Waals surface area (Å²) in [6.07, 6.45) is -3.43. The summed E-state index contributed by atoms with van der Waals surface area (Å²) in [7, 11) is 0. The fraction of sp³-hybridized carbons (Fsp3) is 0.462. The normalized spacial score (nSPS) is 23.5. The van der Waals surface area contributed by atoms with E-state index in [0.29, 0.717) is 24.9 Å². The van der Waals surface area contributed by atoms with Crippen LogP contribution < -0.4 is 5.32 Å². The van der Waals surface area contributed by atoms with Gasteiger partial charge in [0, 0.05) is 0 Å². The number of halogens is 3. The van der Waals surface area contributed by atoms with Gasteiger partial charge in [0.2, 0.25) is 0 Å². The van der Waals surface area contributed by atoms with Gasteiger partial charge in [-0.25, -0.2) is 0 Å². The van der Waals surface area contributed by atoms with E-state index < -0.39 is 23.8 Å². The van der Waals surface area contributed by atoms with Crippen molar-refractivity contribution in [2.45, 2.75) is 25.1 Å². The first-order valence-corrected chi connectivity index (χ1v) is 5.98. The van der Waals surface area contributed by atoms with Crippen molar-refractivity contribution in [2.24, 2.45) is 5.92 Å². The lowest BCUT2D eigenvalue weighted by Crippen LogP contribution is -2.29. The predicted octanol–water partition coefficient (Wildman–Crippen LogP) is 2.31. The molecule has 1 aliphatic rings. The summed E-state index contributed by atoms with van der Waals surface area (Å²) >= 11 is 0. The summed E-state index contributed by atoms with van der Waals surface area (Å²) < 4.78 is 37.7. The van der Waals surface area contributed by atoms with Gasteiger partial charge in [0.15, 0.2) is 0 Å². The first kappa shape index (κ1) is 13.9. The van der Waals surface area contributed by atoms with Crippen molar-refractivity contribution < 1.29 is 23.1 Å². The van der Waals surface area contributed by atoms with Crippen molar-refractivity contribution in [3.05, 3.63) is 35.4 Å². The van der Waals surface area contributed by atoms with Gasteiger partial charge in [-0.05, 0) is 36.9 Å². The van der Waals surface area contributed by atoms with Crippen LogP contribution in [-0.2, 0) is 17.4 Å². The third kappa shape index (κ3) is 3.47. The Morgan fingerprint density at radius 3 is 2.74 bits per heavy atom. The van der Waals surface area contributed by atoms with E-state index >= 15 is 0 Å². The molecule has 1 aromatic rings. The Balaban J connectivity index is 2.03. The number of carboxylic acids is 1. The summed E-state index contributed by atoms with van der Waals surface area (Å²) in [5.74, 6) is -0.851. The van der Waals surface area contributed by atoms with Crippen LogP contribution in [-0.4, -0.2) is 23.7 Å². The lowest BCUT2D eigenvalue weighted by molar-refractivity contribution is -0.139. The van der Waals surface area contributed by atoms with Crippen molar-refractivity contribution in [3.63, 3.8) is 0 Å². The third-order valence-electron chi connectivity index (χ3n) is 3.30. The van der Waals surface area contributed by atoms with E-state index in [4.69, 9.17) is 5.11 Å². The van der Waals surface area contributed by atoms with Gasteiger partial charge in [-0.15, -0.1) is 0 Å². The highest BCUT2D eigenvalue weighted by atomic mass is 19.4. The Kier molecular flexibility index (Phi) is 3.80. The van der Waals surface area contributed by atoms with Crippen LogP contribution in [0.1, 0.15) is 17.5 Å². The quantitative estimate of drug-likeness (QED) is 0.888. The summed E-state index contributed by atoms with van der Waals surface area (Å²) in [4.78, 5) is 10.8. The first-order chi connectivity index (χ1) is 8.86. The minimum atomic E-state index is -4.34. The largest absolute Gasteiger partial charge is 0.480 e. The molecule has 0 aromatic heterocycles. The fourth-order valence-electron chi connectivity index (χ4n) is 2.36. The van der Waals surface area contributed by atoms with Crippen molar-refractivity contribution in [1.29, 1.82) is 0 Å². The van der Waals surface area contributed by atoms with E-state index in [2.05, 4.69) is 5.32 Å². The molecule has 2 unspecified atom stereocenters. The molecule has 1 saturated heterocycles. The molecule has 1 aliphatic heterocycles. The molecule has 3 nitrogen and oxygen atoms in total. The molecule has 1 aromatic carbocycles. The van der Waals surface area contributed by atoms with E-state index in [-0.39, 0.29) is 5.92 Å². The molecule has 1 heterocycles. The summed E-state index contributed by atoms with van der Waals surface area (Å²) in [6, 6.07) is 4.61. The molecule has 2 N–H and O–H groups in total. The molecule has 0 amide bonds. The third-order valence-corrected chi connectivity index (χ3v) is 3.30. The lowest BCUT2D eigenvalue weighted by atomic mass is 9.95. The van der Waals surface area contributed by atoms with Crippen LogP contribution in [0.5, 0.6) is 0 Å². The maximum atomic E-state index is 12.6. The maximum Gasteiger partial charge on any atom is 0.416 e. The minimum absolute atomic E-state index is 0.0598. The van der Waals surface area contributed by atoms with Gasteiger partial charge in [-0.3, -0.25) is 4.79 Å². The number of alkyl halides is 3. The number of benzene rings is 1. The van der Waals surface area contributed by atoms with Crippen molar-refractivity contribution in [3.8, 4) is 0 Å². The Bertz CT molecular complexity index is 473. The molecule has 2 rings (SSSR count). The van der Waals surface area contributed by atoms with E-state index in [0.717, 1.165) is 12.1 Å². The molecule has 0 radical (unpaired) electrons. The average Bonchev–Trinajstić information content (AvgIpc) is 2.77. The minimum Gasteiger partial charge on any atom is -0.480 e. The van der Waals surface area contributed by atoms with Gasteiger partial charge in [0.1, 0.15) is 6.04 Å². The molecule has 0 spiro atoms. The molecule has 6 heteroatoms. The zero-order valence-electron chi connectivity index (χ0n) is 10.1. The molecule has 1 fully saturated rings. The first-order valence-electron chi connectivity index (χ1n) is 5.98. The molecule has 19 heavy (non-hydrogen) atoms. The second-order valence-electron chi connectivity index (χ2n) is 4.80. The van der Waals surface area contributed by atoms with E-state index in [1.165, 1.54) is 6.07 Å². The van der Waals surface area contributed by atoms with Crippen LogP contribution in [0.3, 0.4) is 0 Å². The molecular formula is C13H14F3NO2. The van der Waals surface area contributed by atoms with Gasteiger partial charge in [-0.1, -0.05) is 18.2 Å². The lowest BCUT2D eigenvalue weighted by Gasteiger charge is -2.11. The summed E-state index contributed by atoms with van der Waals surface area (Å²) in [5, 5.41) is 11.7. The number of carbonyl (C=O) groups is 1. The number of aliphatic carboxylic acids is 1. The Morgan fingerprint density at radius 1 is 1.42 bits per heavy atom. The number of nitrogens with one attached hydrogen (secondary N) is 1. The number of hydrogen-bond acceptors (Lipinski definition) is 2. The number of rotatable bonds is 3. The molecule has 2 atom stereocenters. The second kappa shape index (κ2) is 5.21. The zero-order valence-corrected chi connectivity index (χ0v) is 10.1. The van der Waals surface area contributed by atoms with Crippen molar-refractivity contribution in [1.82, 2.24) is 5.32 Å². The van der Waals surface area contributed by atoms with Gasteiger partial charge in [0.25, 0.3) is 0 Å². The summed E-state index contributed by atoms with van der Waals surface area (Å²) in [5.41, 5.74) is -0.0709. The Labute approximate surface area is 108 Å². The average molecular weight is 273 g/mol. The van der Waals surface area contributed by atoms with Gasteiger partial charge >= 0.3 is 12.1 Å². The Hall–Kier alpha value is -1.56. The number of carboxylic acid groups (broad SMARTS) is 1. The predicted molar refractivity (Wildman–Crippen MR) is 62.7 cm³/mol. The smallest absolute Gasteiger partial charge is 0.416 e. The fourth-order valence-corrected chi connectivity index (χ4v) is 2.36. The van der Waals surface area contributed by atoms with Gasteiger partial charge < -0.3 is 10.4 Å². The molecule has 0 saturated carbocycles. The van der Waals surface area contributed by atoms with Crippen LogP contribution in [0.4, 0.5) is 13.2 Å². The second-order valence-corrected chi connectivity index (χ2v) is 4.80. The van der Waals surface area contributed by atoms with E-state index in [1.54, 1.807) is 6.07 Å². The van der Waals surface area contributed by atoms with E-state index in [1.807, 2.05) is 0 Å². The number of hydrogen-bond donors (Lipinski definition) is 2. The molecule has 0 bridgehead atoms. The zero-order chi connectivity index (χ0) is 14.0. The monoisotopic (exact) mass is 273 g/mol. The van der Waals surface area contributed by atoms with Crippen molar-refractivity contribution in [2.75, 3.05) is 6.54 Å². The van der Waals surface area contributed by atoms with Crippen molar-refractivity contribution >= 4 is 5.97 Å². The summed E-state index contributed by atoms with van der Waals surface area (Å²) in [6.45, 7) is 0.521. The SMILES string of the molecule is O=C(O)C1CC(Cc2cccc(C(F)(F)F)c2)CN1. The van der Waals surface area contributed by atoms with Crippen LogP contribution in [0.2, 0.25) is 0 Å². The van der Waals surface area contributed by atoms with Crippen LogP contribution in [0.15, 0.2) is 24.3 Å². The Morgan fingerprint density at radius 2 is 2.16 bits per heavy atom. The maximum absolute atomic E-state index is 12.6. The van der Waals surface area contributed by atoms with Crippen LogP contribution >= 0.6 is 0 Å². The molecule has 104 valence electrons. The van der Waals surface area contributed by atoms with E-state index in [9.17, 15) is 18.0 Å². The van der Waals surface area contributed by atoms with Crippen LogP contribution in [0, 0.1) is 5.92 Å². The molecular weight excluding hydrogens is 259 g/mol. The molecule has 0 aliphatic carbocycles. The van der Waals surface area contributed by atoms with Gasteiger partial charge in [-0.2, -0.15) is 13.2 Å². The highest BCUT2D eigenvalue weighted by Gasteiger charge is 2.32. The highest BCUT2D eigenvalue weighted by Crippen LogP contribution is 2.30. The van der Waals surface area contributed by atoms with Crippen LogP contribution in [0.25, 0.3) is 0 Å². The standard InChI is InChI=1S/C13H14F3NO2/c14-13(15,16)10-3-1-2-8(5-10)4-9-6-11(12(18)19)17-7-9/h1-3,5,9,11,17H,4,6-7H2,(H,18,19). The highest BCUT2D eigenvalue weighted by molar-refractivity contribution is 5.73. The topological polar surface area (TPSA) is 49.3 Å². The van der Waals surface area contributed by atoms with Gasteiger partial charge in [0.05, 0.1) is 5.56 Å².